The molecule has 0 fully saturated rings. The van der Waals surface area contributed by atoms with Crippen molar-refractivity contribution in [1.82, 2.24) is 0 Å². The van der Waals surface area contributed by atoms with Gasteiger partial charge in [0.15, 0.2) is 0 Å². The maximum absolute atomic E-state index is 12.7. The van der Waals surface area contributed by atoms with Crippen molar-refractivity contribution >= 4 is 9.84 Å². The van der Waals surface area contributed by atoms with Crippen LogP contribution >= 0.6 is 0 Å². The van der Waals surface area contributed by atoms with E-state index in [4.69, 9.17) is 5.73 Å². The Hall–Kier alpha value is -1.08. The van der Waals surface area contributed by atoms with Gasteiger partial charge in [-0.3, -0.25) is 0 Å². The molecule has 0 aromatic heterocycles. The minimum absolute atomic E-state index is 0.0645. The van der Waals surface area contributed by atoms with Crippen LogP contribution in [0.3, 0.4) is 0 Å². The summed E-state index contributed by atoms with van der Waals surface area (Å²) in [5.74, 6) is 0. The normalized spacial score (nSPS) is 15.2. The van der Waals surface area contributed by atoms with E-state index in [2.05, 4.69) is 0 Å². The van der Waals surface area contributed by atoms with E-state index in [0.29, 0.717) is 0 Å². The van der Waals surface area contributed by atoms with E-state index in [1.54, 1.807) is 0 Å². The van der Waals surface area contributed by atoms with Crippen LogP contribution < -0.4 is 5.73 Å². The minimum Gasteiger partial charge on any atom is -0.327 e. The molecule has 0 bridgehead atoms. The maximum Gasteiger partial charge on any atom is 0.501 e. The molecule has 1 rings (SSSR count). The van der Waals surface area contributed by atoms with E-state index in [1.807, 2.05) is 20.8 Å². The standard InChI is InChI=1S/C13H18F3NO2S/c1-12(2,3)11(17)8-9-6-4-5-7-10(9)20(18,19)13(14,15)16/h4-7,11H,8,17H2,1-3H3. The minimum atomic E-state index is -5.35. The second-order valence-electron chi connectivity index (χ2n) is 5.73. The molecule has 0 saturated heterocycles. The Bertz CT molecular complexity index is 574. The van der Waals surface area contributed by atoms with Crippen molar-refractivity contribution in [1.29, 1.82) is 0 Å². The summed E-state index contributed by atoms with van der Waals surface area (Å²) in [5, 5.41) is 0. The maximum atomic E-state index is 12.7. The van der Waals surface area contributed by atoms with Gasteiger partial charge in [-0.1, -0.05) is 39.0 Å². The highest BCUT2D eigenvalue weighted by molar-refractivity contribution is 7.92. The topological polar surface area (TPSA) is 60.2 Å². The van der Waals surface area contributed by atoms with Gasteiger partial charge in [0.2, 0.25) is 0 Å². The van der Waals surface area contributed by atoms with Gasteiger partial charge in [-0.2, -0.15) is 13.2 Å². The third-order valence-corrected chi connectivity index (χ3v) is 4.71. The van der Waals surface area contributed by atoms with Crippen molar-refractivity contribution in [3.63, 3.8) is 0 Å². The zero-order valence-electron chi connectivity index (χ0n) is 11.5. The van der Waals surface area contributed by atoms with E-state index in [1.165, 1.54) is 18.2 Å². The molecule has 1 aromatic carbocycles. The molecule has 0 aliphatic carbocycles. The first-order chi connectivity index (χ1) is 8.87. The molecular weight excluding hydrogens is 291 g/mol. The summed E-state index contributed by atoms with van der Waals surface area (Å²) in [4.78, 5) is -0.716. The molecule has 1 aromatic rings. The molecule has 0 heterocycles. The molecule has 7 heteroatoms. The Morgan fingerprint density at radius 3 is 2.10 bits per heavy atom. The third-order valence-electron chi connectivity index (χ3n) is 3.12. The number of hydrogen-bond donors (Lipinski definition) is 1. The highest BCUT2D eigenvalue weighted by Crippen LogP contribution is 2.33. The summed E-state index contributed by atoms with van der Waals surface area (Å²) in [6, 6.07) is 4.65. The lowest BCUT2D eigenvalue weighted by atomic mass is 9.84. The van der Waals surface area contributed by atoms with Crippen molar-refractivity contribution in [2.75, 3.05) is 0 Å². The number of sulfone groups is 1. The lowest BCUT2D eigenvalue weighted by Gasteiger charge is -2.27. The zero-order valence-corrected chi connectivity index (χ0v) is 12.3. The van der Waals surface area contributed by atoms with Crippen molar-refractivity contribution in [3.05, 3.63) is 29.8 Å². The molecule has 0 saturated carbocycles. The van der Waals surface area contributed by atoms with Crippen molar-refractivity contribution in [3.8, 4) is 0 Å². The third kappa shape index (κ3) is 3.52. The Morgan fingerprint density at radius 1 is 1.15 bits per heavy atom. The molecule has 3 nitrogen and oxygen atoms in total. The van der Waals surface area contributed by atoms with Crippen LogP contribution in [0.1, 0.15) is 26.3 Å². The predicted octanol–water partition coefficient (Wildman–Crippen LogP) is 2.90. The number of alkyl halides is 3. The van der Waals surface area contributed by atoms with Gasteiger partial charge in [0, 0.05) is 6.04 Å². The number of benzene rings is 1. The summed E-state index contributed by atoms with van der Waals surface area (Å²) in [6.45, 7) is 5.54. The van der Waals surface area contributed by atoms with Crippen LogP contribution in [0.4, 0.5) is 13.2 Å². The van der Waals surface area contributed by atoms with Crippen LogP contribution in [-0.2, 0) is 16.3 Å². The number of halogens is 3. The molecule has 0 amide bonds. The van der Waals surface area contributed by atoms with Gasteiger partial charge in [0.05, 0.1) is 4.90 Å². The summed E-state index contributed by atoms with van der Waals surface area (Å²) in [6.07, 6.45) is 0.0645. The molecule has 0 aliphatic rings. The summed E-state index contributed by atoms with van der Waals surface area (Å²) in [7, 11) is -5.35. The highest BCUT2D eigenvalue weighted by Gasteiger charge is 2.47. The van der Waals surface area contributed by atoms with Crippen LogP contribution in [0, 0.1) is 5.41 Å². The average Bonchev–Trinajstić information content (AvgIpc) is 2.26. The summed E-state index contributed by atoms with van der Waals surface area (Å²) < 4.78 is 61.0. The first kappa shape index (κ1) is 17.0. The molecule has 2 N–H and O–H groups in total. The smallest absolute Gasteiger partial charge is 0.327 e. The lowest BCUT2D eigenvalue weighted by molar-refractivity contribution is -0.0436. The number of nitrogens with two attached hydrogens (primary N) is 1. The van der Waals surface area contributed by atoms with Gasteiger partial charge in [-0.05, 0) is 23.5 Å². The fourth-order valence-corrected chi connectivity index (χ4v) is 2.61. The van der Waals surface area contributed by atoms with Gasteiger partial charge in [-0.15, -0.1) is 0 Å². The quantitative estimate of drug-likeness (QED) is 0.934. The fourth-order valence-electron chi connectivity index (χ4n) is 1.60. The van der Waals surface area contributed by atoms with E-state index >= 15 is 0 Å². The van der Waals surface area contributed by atoms with Crippen molar-refractivity contribution in [2.45, 2.75) is 43.6 Å². The van der Waals surface area contributed by atoms with Crippen LogP contribution in [0.15, 0.2) is 29.2 Å². The first-order valence-corrected chi connectivity index (χ1v) is 7.50. The largest absolute Gasteiger partial charge is 0.501 e. The fraction of sp³-hybridized carbons (Fsp3) is 0.538. The molecule has 1 atom stereocenters. The van der Waals surface area contributed by atoms with E-state index in [9.17, 15) is 21.6 Å². The van der Waals surface area contributed by atoms with Crippen molar-refractivity contribution in [2.24, 2.45) is 11.1 Å². The van der Waals surface area contributed by atoms with Crippen LogP contribution in [0.25, 0.3) is 0 Å². The van der Waals surface area contributed by atoms with Crippen LogP contribution in [-0.4, -0.2) is 20.0 Å². The van der Waals surface area contributed by atoms with Gasteiger partial charge in [0.1, 0.15) is 0 Å². The second kappa shape index (κ2) is 5.37. The first-order valence-electron chi connectivity index (χ1n) is 6.02. The zero-order chi connectivity index (χ0) is 15.8. The molecule has 1 unspecified atom stereocenters. The predicted molar refractivity (Wildman–Crippen MR) is 70.8 cm³/mol. The van der Waals surface area contributed by atoms with Crippen LogP contribution in [0.5, 0.6) is 0 Å². The number of hydrogen-bond acceptors (Lipinski definition) is 3. The summed E-state index contributed by atoms with van der Waals surface area (Å²) >= 11 is 0. The molecule has 0 spiro atoms. The second-order valence-corrected chi connectivity index (χ2v) is 7.64. The Labute approximate surface area is 116 Å². The Morgan fingerprint density at radius 2 is 1.65 bits per heavy atom. The van der Waals surface area contributed by atoms with Crippen LogP contribution in [0.2, 0.25) is 0 Å². The SMILES string of the molecule is CC(C)(C)C(N)Cc1ccccc1S(=O)(=O)C(F)(F)F. The van der Waals surface area contributed by atoms with Crippen molar-refractivity contribution < 1.29 is 21.6 Å². The average molecular weight is 309 g/mol. The van der Waals surface area contributed by atoms with Gasteiger partial charge in [0.25, 0.3) is 9.84 Å². The Kier molecular flexibility index (Phi) is 4.55. The summed E-state index contributed by atoms with van der Waals surface area (Å²) in [5.41, 5.74) is 0.369. The van der Waals surface area contributed by atoms with E-state index in [-0.39, 0.29) is 17.4 Å². The lowest BCUT2D eigenvalue weighted by Crippen LogP contribution is -2.37. The molecule has 0 aliphatic heterocycles. The van der Waals surface area contributed by atoms with Gasteiger partial charge in [-0.25, -0.2) is 8.42 Å². The van der Waals surface area contributed by atoms with E-state index < -0.39 is 26.3 Å². The van der Waals surface area contributed by atoms with Gasteiger partial charge < -0.3 is 5.73 Å². The molecule has 0 radical (unpaired) electrons. The van der Waals surface area contributed by atoms with E-state index in [0.717, 1.165) is 6.07 Å². The number of rotatable bonds is 3. The highest BCUT2D eigenvalue weighted by atomic mass is 32.2. The molecular formula is C13H18F3NO2S. The Balaban J connectivity index is 3.27. The molecule has 20 heavy (non-hydrogen) atoms. The van der Waals surface area contributed by atoms with Gasteiger partial charge >= 0.3 is 5.51 Å². The molecule has 114 valence electrons. The monoisotopic (exact) mass is 309 g/mol.